The van der Waals surface area contributed by atoms with E-state index >= 15 is 0 Å². The maximum absolute atomic E-state index is 12.5. The summed E-state index contributed by atoms with van der Waals surface area (Å²) in [6.45, 7) is 0.00415. The monoisotopic (exact) mass is 262 g/mol. The van der Waals surface area contributed by atoms with Crippen LogP contribution in [0.25, 0.3) is 0 Å². The minimum atomic E-state index is -4.63. The van der Waals surface area contributed by atoms with E-state index in [4.69, 9.17) is 0 Å². The van der Waals surface area contributed by atoms with Crippen LogP contribution in [0.2, 0.25) is 0 Å². The molecule has 1 unspecified atom stereocenters. The van der Waals surface area contributed by atoms with E-state index in [9.17, 15) is 23.1 Å². The first-order valence-electron chi connectivity index (χ1n) is 4.92. The van der Waals surface area contributed by atoms with Crippen LogP contribution in [0, 0.1) is 0 Å². The molecule has 0 aliphatic carbocycles. The zero-order chi connectivity index (χ0) is 13.5. The summed E-state index contributed by atoms with van der Waals surface area (Å²) in [5.74, 6) is -0.279. The van der Waals surface area contributed by atoms with Crippen molar-refractivity contribution in [1.82, 2.24) is 14.9 Å². The number of aromatic nitrogens is 2. The molecule has 1 atom stereocenters. The number of halogens is 3. The fraction of sp³-hybridized carbons (Fsp3) is 0.444. The number of alkyl halides is 3. The smallest absolute Gasteiger partial charge is 0.371 e. The molecule has 0 saturated carbocycles. The van der Waals surface area contributed by atoms with E-state index in [1.54, 1.807) is 0 Å². The van der Waals surface area contributed by atoms with Crippen LogP contribution >= 0.6 is 0 Å². The van der Waals surface area contributed by atoms with Crippen LogP contribution in [-0.4, -0.2) is 45.8 Å². The molecule has 1 aromatic rings. The Hall–Kier alpha value is -1.90. The summed E-state index contributed by atoms with van der Waals surface area (Å²) in [5, 5.41) is 9.60. The highest BCUT2D eigenvalue weighted by Crippen LogP contribution is 2.30. The van der Waals surface area contributed by atoms with Crippen LogP contribution in [0.15, 0.2) is 12.4 Å². The van der Waals surface area contributed by atoms with E-state index < -0.39 is 24.1 Å². The van der Waals surface area contributed by atoms with Crippen LogP contribution in [-0.2, 0) is 6.18 Å². The molecule has 1 saturated heterocycles. The minimum Gasteiger partial charge on any atom is -0.371 e. The lowest BCUT2D eigenvalue weighted by molar-refractivity contribution is -0.141. The molecule has 1 aromatic heterocycles. The number of likely N-dealkylation sites (N-methyl/N-ethyl adjacent to an activating group) is 1. The van der Waals surface area contributed by atoms with Crippen LogP contribution in [0.4, 0.5) is 23.8 Å². The number of urea groups is 1. The van der Waals surface area contributed by atoms with Crippen molar-refractivity contribution in [3.05, 3.63) is 18.1 Å². The Bertz CT molecular complexity index is 479. The van der Waals surface area contributed by atoms with Crippen LogP contribution in [0.5, 0.6) is 0 Å². The Morgan fingerprint density at radius 1 is 1.44 bits per heavy atom. The molecule has 1 aliphatic heterocycles. The summed E-state index contributed by atoms with van der Waals surface area (Å²) in [5.41, 5.74) is -1.16. The lowest BCUT2D eigenvalue weighted by Gasteiger charge is -2.18. The third-order valence-electron chi connectivity index (χ3n) is 2.46. The highest BCUT2D eigenvalue weighted by molar-refractivity contribution is 5.93. The van der Waals surface area contributed by atoms with Gasteiger partial charge in [0.05, 0.1) is 6.54 Å². The molecule has 0 aromatic carbocycles. The number of nitrogens with zero attached hydrogens (tertiary/aromatic N) is 4. The number of aliphatic hydroxyl groups excluding tert-OH is 1. The van der Waals surface area contributed by atoms with E-state index in [2.05, 4.69) is 9.97 Å². The van der Waals surface area contributed by atoms with Gasteiger partial charge in [-0.25, -0.2) is 19.7 Å². The third kappa shape index (κ3) is 2.08. The predicted octanol–water partition coefficient (Wildman–Crippen LogP) is 0.686. The number of anilines is 1. The van der Waals surface area contributed by atoms with Crippen molar-refractivity contribution in [2.45, 2.75) is 12.4 Å². The van der Waals surface area contributed by atoms with Crippen molar-refractivity contribution in [3.63, 3.8) is 0 Å². The second-order valence-corrected chi connectivity index (χ2v) is 3.77. The Morgan fingerprint density at radius 3 is 2.61 bits per heavy atom. The molecular weight excluding hydrogens is 253 g/mol. The first-order chi connectivity index (χ1) is 8.30. The largest absolute Gasteiger partial charge is 0.433 e. The van der Waals surface area contributed by atoms with Crippen molar-refractivity contribution in [3.8, 4) is 0 Å². The summed E-state index contributed by atoms with van der Waals surface area (Å²) >= 11 is 0. The van der Waals surface area contributed by atoms with Gasteiger partial charge in [0, 0.05) is 13.1 Å². The first-order valence-corrected chi connectivity index (χ1v) is 4.92. The minimum absolute atomic E-state index is 0.00415. The summed E-state index contributed by atoms with van der Waals surface area (Å²) in [6, 6.07) is 0.00891. The van der Waals surface area contributed by atoms with Gasteiger partial charge in [0.1, 0.15) is 17.8 Å². The SMILES string of the molecule is CN1CC(O)N(c2cc(C(F)(F)F)ncn2)C1=O. The van der Waals surface area contributed by atoms with Gasteiger partial charge in [-0.3, -0.25) is 0 Å². The lowest BCUT2D eigenvalue weighted by Crippen LogP contribution is -2.35. The van der Waals surface area contributed by atoms with Gasteiger partial charge in [0.15, 0.2) is 6.23 Å². The van der Waals surface area contributed by atoms with Gasteiger partial charge >= 0.3 is 12.2 Å². The second kappa shape index (κ2) is 4.09. The van der Waals surface area contributed by atoms with Gasteiger partial charge in [0.2, 0.25) is 0 Å². The van der Waals surface area contributed by atoms with Crippen molar-refractivity contribution in [2.75, 3.05) is 18.5 Å². The van der Waals surface area contributed by atoms with Gasteiger partial charge in [0.25, 0.3) is 0 Å². The van der Waals surface area contributed by atoms with Gasteiger partial charge < -0.3 is 10.0 Å². The molecule has 1 fully saturated rings. The molecular formula is C9H9F3N4O2. The average molecular weight is 262 g/mol. The number of hydrogen-bond acceptors (Lipinski definition) is 4. The van der Waals surface area contributed by atoms with Crippen molar-refractivity contribution in [1.29, 1.82) is 0 Å². The standard InChI is InChI=1S/C9H9F3N4O2/c1-15-3-7(17)16(8(15)18)6-2-5(9(10,11)12)13-4-14-6/h2,4,7,17H,3H2,1H3. The summed E-state index contributed by atoms with van der Waals surface area (Å²) in [6.07, 6.45) is -5.15. The molecule has 2 heterocycles. The fourth-order valence-corrected chi connectivity index (χ4v) is 1.60. The molecule has 2 amide bonds. The molecule has 2 rings (SSSR count). The molecule has 18 heavy (non-hydrogen) atoms. The number of β-amino-alcohol motifs (C(OH)–C–C–N with tert-alkyl or cyclic N) is 1. The summed E-state index contributed by atoms with van der Waals surface area (Å²) in [4.78, 5) is 20.3. The highest BCUT2D eigenvalue weighted by Gasteiger charge is 2.38. The third-order valence-corrected chi connectivity index (χ3v) is 2.46. The molecule has 6 nitrogen and oxygen atoms in total. The first kappa shape index (κ1) is 12.6. The lowest BCUT2D eigenvalue weighted by atomic mass is 10.3. The van der Waals surface area contributed by atoms with Gasteiger partial charge in [-0.1, -0.05) is 0 Å². The number of aliphatic hydroxyl groups is 1. The van der Waals surface area contributed by atoms with Gasteiger partial charge in [-0.15, -0.1) is 0 Å². The van der Waals surface area contributed by atoms with Gasteiger partial charge in [-0.05, 0) is 0 Å². The van der Waals surface area contributed by atoms with Crippen molar-refractivity contribution >= 4 is 11.8 Å². The Balaban J connectivity index is 2.37. The average Bonchev–Trinajstić information content (AvgIpc) is 2.52. The Morgan fingerprint density at radius 2 is 2.11 bits per heavy atom. The quantitative estimate of drug-likeness (QED) is 0.808. The predicted molar refractivity (Wildman–Crippen MR) is 53.5 cm³/mol. The molecule has 98 valence electrons. The topological polar surface area (TPSA) is 69.6 Å². The number of carbonyl (C=O) groups excluding carboxylic acids is 1. The van der Waals surface area contributed by atoms with Crippen molar-refractivity contribution in [2.24, 2.45) is 0 Å². The number of amides is 2. The molecule has 9 heteroatoms. The molecule has 0 spiro atoms. The van der Waals surface area contributed by atoms with E-state index in [-0.39, 0.29) is 12.4 Å². The van der Waals surface area contributed by atoms with Crippen LogP contribution in [0.1, 0.15) is 5.69 Å². The van der Waals surface area contributed by atoms with E-state index in [0.29, 0.717) is 12.4 Å². The second-order valence-electron chi connectivity index (χ2n) is 3.77. The van der Waals surface area contributed by atoms with Crippen molar-refractivity contribution < 1.29 is 23.1 Å². The molecule has 1 N–H and O–H groups in total. The maximum Gasteiger partial charge on any atom is 0.433 e. The summed E-state index contributed by atoms with van der Waals surface area (Å²) < 4.78 is 37.4. The van der Waals surface area contributed by atoms with Crippen LogP contribution in [0.3, 0.4) is 0 Å². The fourth-order valence-electron chi connectivity index (χ4n) is 1.60. The normalized spacial score (nSPS) is 20.7. The number of hydrogen-bond donors (Lipinski definition) is 1. The Kier molecular flexibility index (Phi) is 2.85. The number of rotatable bonds is 1. The van der Waals surface area contributed by atoms with Gasteiger partial charge in [-0.2, -0.15) is 13.2 Å². The zero-order valence-electron chi connectivity index (χ0n) is 9.22. The molecule has 0 radical (unpaired) electrons. The van der Waals surface area contributed by atoms with E-state index in [1.165, 1.54) is 11.9 Å². The maximum atomic E-state index is 12.5. The van der Waals surface area contributed by atoms with E-state index in [1.807, 2.05) is 0 Å². The molecule has 1 aliphatic rings. The Labute approximate surface area is 99.7 Å². The van der Waals surface area contributed by atoms with Crippen LogP contribution < -0.4 is 4.90 Å². The molecule has 0 bridgehead atoms. The van der Waals surface area contributed by atoms with E-state index in [0.717, 1.165) is 4.90 Å². The number of carbonyl (C=O) groups is 1. The zero-order valence-corrected chi connectivity index (χ0v) is 9.22. The highest BCUT2D eigenvalue weighted by atomic mass is 19.4. The summed E-state index contributed by atoms with van der Waals surface area (Å²) in [7, 11) is 1.43.